The number of aryl methyl sites for hydroxylation is 1. The van der Waals surface area contributed by atoms with E-state index in [1.165, 1.54) is 32.1 Å². The third kappa shape index (κ3) is 2.38. The standard InChI is InChI=1S/C11H16NO.U/c1-8-9(2)12-13-11(8)10-6-4-3-5-7-10;/h10H,1,3-7H2,2H3;/q-1;. The second-order valence-electron chi connectivity index (χ2n) is 3.95. The van der Waals surface area contributed by atoms with Crippen LogP contribution in [-0.2, 0) is 0 Å². The van der Waals surface area contributed by atoms with Crippen LogP contribution in [0.15, 0.2) is 4.52 Å². The van der Waals surface area contributed by atoms with Crippen LogP contribution in [0.2, 0.25) is 0 Å². The molecular weight excluding hydrogens is 400 g/mol. The molecule has 1 saturated carbocycles. The molecule has 0 spiro atoms. The number of hydrogen-bond acceptors (Lipinski definition) is 2. The van der Waals surface area contributed by atoms with Crippen molar-refractivity contribution in [1.29, 1.82) is 0 Å². The molecule has 14 heavy (non-hydrogen) atoms. The van der Waals surface area contributed by atoms with Crippen LogP contribution in [0.4, 0.5) is 0 Å². The molecule has 1 heterocycles. The maximum atomic E-state index is 5.32. The fraction of sp³-hybridized carbons (Fsp3) is 0.636. The Labute approximate surface area is 109 Å². The Balaban J connectivity index is 0.000000980. The fourth-order valence-corrected chi connectivity index (χ4v) is 2.09. The summed E-state index contributed by atoms with van der Waals surface area (Å²) in [5.74, 6) is 1.62. The largest absolute Gasteiger partial charge is 0.434 e. The van der Waals surface area contributed by atoms with Crippen LogP contribution in [0.3, 0.4) is 0 Å². The van der Waals surface area contributed by atoms with E-state index >= 15 is 0 Å². The van der Waals surface area contributed by atoms with Crippen molar-refractivity contribution >= 4 is 0 Å². The summed E-state index contributed by atoms with van der Waals surface area (Å²) in [6, 6.07) is 0. The number of rotatable bonds is 1. The van der Waals surface area contributed by atoms with E-state index in [1.807, 2.05) is 6.92 Å². The van der Waals surface area contributed by atoms with Crippen molar-refractivity contribution in [2.75, 3.05) is 0 Å². The van der Waals surface area contributed by atoms with E-state index in [4.69, 9.17) is 4.52 Å². The van der Waals surface area contributed by atoms with Crippen LogP contribution in [0, 0.1) is 45.0 Å². The van der Waals surface area contributed by atoms with Crippen LogP contribution < -0.4 is 0 Å². The minimum atomic E-state index is 0. The van der Waals surface area contributed by atoms with E-state index in [0.29, 0.717) is 5.92 Å². The summed E-state index contributed by atoms with van der Waals surface area (Å²) in [7, 11) is 0. The van der Waals surface area contributed by atoms with Crippen molar-refractivity contribution in [3.05, 3.63) is 23.9 Å². The summed E-state index contributed by atoms with van der Waals surface area (Å²) < 4.78 is 5.32. The molecule has 3 heteroatoms. The summed E-state index contributed by atoms with van der Waals surface area (Å²) in [5.41, 5.74) is 1.97. The first-order valence-corrected chi connectivity index (χ1v) is 5.07. The molecule has 2 rings (SSSR count). The van der Waals surface area contributed by atoms with E-state index in [2.05, 4.69) is 12.1 Å². The Bertz CT molecular complexity index is 289. The molecule has 0 saturated heterocycles. The summed E-state index contributed by atoms with van der Waals surface area (Å²) in [5, 5.41) is 3.95. The monoisotopic (exact) mass is 416 g/mol. The molecule has 2 nitrogen and oxygen atoms in total. The molecule has 0 radical (unpaired) electrons. The van der Waals surface area contributed by atoms with Crippen LogP contribution in [0.25, 0.3) is 0 Å². The van der Waals surface area contributed by atoms with Crippen LogP contribution >= 0.6 is 0 Å². The van der Waals surface area contributed by atoms with E-state index in [9.17, 15) is 0 Å². The zero-order chi connectivity index (χ0) is 9.26. The van der Waals surface area contributed by atoms with Crippen LogP contribution in [0.1, 0.15) is 55.0 Å². The van der Waals surface area contributed by atoms with Gasteiger partial charge in [0.15, 0.2) is 0 Å². The van der Waals surface area contributed by atoms with Gasteiger partial charge in [0, 0.05) is 36.9 Å². The van der Waals surface area contributed by atoms with E-state index in [0.717, 1.165) is 17.0 Å². The molecule has 1 fully saturated rings. The van der Waals surface area contributed by atoms with Gasteiger partial charge in [-0.05, 0) is 11.6 Å². The first-order valence-electron chi connectivity index (χ1n) is 5.07. The summed E-state index contributed by atoms with van der Waals surface area (Å²) in [6.07, 6.45) is 6.51. The first kappa shape index (κ1) is 12.2. The Hall–Kier alpha value is 0.132. The second kappa shape index (κ2) is 5.28. The zero-order valence-corrected chi connectivity index (χ0v) is 12.8. The van der Waals surface area contributed by atoms with Crippen molar-refractivity contribution in [1.82, 2.24) is 5.16 Å². The van der Waals surface area contributed by atoms with E-state index in [1.54, 1.807) is 0 Å². The smallest absolute Gasteiger partial charge is 0.0341 e. The van der Waals surface area contributed by atoms with Crippen molar-refractivity contribution < 1.29 is 35.6 Å². The summed E-state index contributed by atoms with van der Waals surface area (Å²) >= 11 is 0. The van der Waals surface area contributed by atoms with Gasteiger partial charge in [-0.15, -0.1) is 5.56 Å². The van der Waals surface area contributed by atoms with Crippen molar-refractivity contribution in [3.8, 4) is 0 Å². The quantitative estimate of drug-likeness (QED) is 0.658. The molecule has 0 aromatic carbocycles. The van der Waals surface area contributed by atoms with Gasteiger partial charge < -0.3 is 4.52 Å². The third-order valence-electron chi connectivity index (χ3n) is 2.99. The maximum absolute atomic E-state index is 5.32. The van der Waals surface area contributed by atoms with Gasteiger partial charge in [-0.2, -0.15) is 12.1 Å². The average Bonchev–Trinajstić information content (AvgIpc) is 2.49. The van der Waals surface area contributed by atoms with Gasteiger partial charge in [-0.1, -0.05) is 39.0 Å². The van der Waals surface area contributed by atoms with E-state index in [-0.39, 0.29) is 31.1 Å². The van der Waals surface area contributed by atoms with Gasteiger partial charge in [0.1, 0.15) is 0 Å². The van der Waals surface area contributed by atoms with E-state index < -0.39 is 0 Å². The third-order valence-corrected chi connectivity index (χ3v) is 2.99. The van der Waals surface area contributed by atoms with Gasteiger partial charge in [0.25, 0.3) is 0 Å². The molecule has 0 atom stereocenters. The SMILES string of the molecule is [CH2-]c1c(C)noc1C1CCCCC1.[U]. The van der Waals surface area contributed by atoms with Gasteiger partial charge in [-0.25, -0.2) is 0 Å². The predicted octanol–water partition coefficient (Wildman–Crippen LogP) is 3.21. The van der Waals surface area contributed by atoms with Crippen molar-refractivity contribution in [3.63, 3.8) is 0 Å². The Morgan fingerprint density at radius 1 is 1.29 bits per heavy atom. The molecular formula is C11H16NOU-. The number of nitrogens with zero attached hydrogens (tertiary/aromatic N) is 1. The Morgan fingerprint density at radius 3 is 2.43 bits per heavy atom. The van der Waals surface area contributed by atoms with Crippen LogP contribution in [-0.4, -0.2) is 5.16 Å². The Kier molecular flexibility index (Phi) is 4.60. The molecule has 1 aromatic heterocycles. The summed E-state index contributed by atoms with van der Waals surface area (Å²) in [6.45, 7) is 5.96. The molecule has 1 aliphatic carbocycles. The van der Waals surface area contributed by atoms with Gasteiger partial charge in [-0.3, -0.25) is 0 Å². The van der Waals surface area contributed by atoms with Gasteiger partial charge in [0.05, 0.1) is 0 Å². The molecule has 0 N–H and O–H groups in total. The molecule has 0 amide bonds. The normalized spacial score (nSPS) is 17.8. The van der Waals surface area contributed by atoms with Gasteiger partial charge >= 0.3 is 0 Å². The molecule has 0 bridgehead atoms. The fourth-order valence-electron chi connectivity index (χ4n) is 2.09. The molecule has 0 aliphatic heterocycles. The number of aromatic nitrogens is 1. The number of hydrogen-bond donors (Lipinski definition) is 0. The zero-order valence-electron chi connectivity index (χ0n) is 8.68. The van der Waals surface area contributed by atoms with Crippen LogP contribution in [0.5, 0.6) is 0 Å². The maximum Gasteiger partial charge on any atom is 0.0341 e. The molecule has 0 unspecified atom stereocenters. The molecule has 1 aromatic rings. The van der Waals surface area contributed by atoms with Crippen molar-refractivity contribution in [2.45, 2.75) is 44.9 Å². The molecule has 1 aliphatic rings. The van der Waals surface area contributed by atoms with Gasteiger partial charge in [0.2, 0.25) is 0 Å². The molecule has 76 valence electrons. The Morgan fingerprint density at radius 2 is 1.93 bits per heavy atom. The minimum absolute atomic E-state index is 0. The topological polar surface area (TPSA) is 26.0 Å². The second-order valence-corrected chi connectivity index (χ2v) is 3.95. The average molecular weight is 416 g/mol. The predicted molar refractivity (Wildman–Crippen MR) is 51.5 cm³/mol. The first-order chi connectivity index (χ1) is 6.29. The van der Waals surface area contributed by atoms with Crippen molar-refractivity contribution in [2.24, 2.45) is 0 Å². The summed E-state index contributed by atoms with van der Waals surface area (Å²) in [4.78, 5) is 0. The minimum Gasteiger partial charge on any atom is -0.434 e.